The van der Waals surface area contributed by atoms with Crippen LogP contribution < -0.4 is 0 Å². The minimum atomic E-state index is -0.578. The number of hydrogen-bond donors (Lipinski definition) is 0. The molecule has 0 aliphatic carbocycles. The Morgan fingerprint density at radius 3 is 2.48 bits per heavy atom. The van der Waals surface area contributed by atoms with Gasteiger partial charge in [0, 0.05) is 24.7 Å². The van der Waals surface area contributed by atoms with Crippen molar-refractivity contribution in [1.29, 1.82) is 0 Å². The highest BCUT2D eigenvalue weighted by Crippen LogP contribution is 2.47. The summed E-state index contributed by atoms with van der Waals surface area (Å²) in [6.45, 7) is 2.61. The van der Waals surface area contributed by atoms with Crippen LogP contribution in [-0.2, 0) is 0 Å². The number of amides is 1. The minimum absolute atomic E-state index is 0.0833. The van der Waals surface area contributed by atoms with Gasteiger partial charge in [-0.15, -0.1) is 0 Å². The van der Waals surface area contributed by atoms with Crippen molar-refractivity contribution in [2.24, 2.45) is 5.92 Å². The predicted octanol–water partition coefficient (Wildman–Crippen LogP) is 3.06. The van der Waals surface area contributed by atoms with Crippen LogP contribution in [-0.4, -0.2) is 52.4 Å². The average Bonchev–Trinajstić information content (AvgIpc) is 3.12. The molecule has 27 heavy (non-hydrogen) atoms. The molecule has 0 radical (unpaired) electrons. The third-order valence-corrected chi connectivity index (χ3v) is 6.56. The van der Waals surface area contributed by atoms with Gasteiger partial charge in [0.25, 0.3) is 5.91 Å². The number of carbonyl (C=O) groups excluding carboxylic acids is 1. The number of benzene rings is 1. The fourth-order valence-corrected chi connectivity index (χ4v) is 5.36. The first-order chi connectivity index (χ1) is 13.1. The normalized spacial score (nSPS) is 31.8. The Morgan fingerprint density at radius 1 is 1.04 bits per heavy atom. The quantitative estimate of drug-likeness (QED) is 0.816. The third kappa shape index (κ3) is 2.65. The summed E-state index contributed by atoms with van der Waals surface area (Å²) in [5, 5.41) is 0. The maximum absolute atomic E-state index is 14.2. The van der Waals surface area contributed by atoms with Gasteiger partial charge in [-0.05, 0) is 55.6 Å². The lowest BCUT2D eigenvalue weighted by atomic mass is 9.75. The van der Waals surface area contributed by atoms with Crippen LogP contribution in [0.3, 0.4) is 0 Å². The van der Waals surface area contributed by atoms with Crippen LogP contribution >= 0.6 is 0 Å². The van der Waals surface area contributed by atoms with Crippen LogP contribution in [0.5, 0.6) is 0 Å². The van der Waals surface area contributed by atoms with Crippen molar-refractivity contribution in [3.63, 3.8) is 0 Å². The first kappa shape index (κ1) is 16.8. The predicted molar refractivity (Wildman–Crippen MR) is 96.2 cm³/mol. The van der Waals surface area contributed by atoms with Gasteiger partial charge in [0.2, 0.25) is 0 Å². The third-order valence-electron chi connectivity index (χ3n) is 6.56. The van der Waals surface area contributed by atoms with Crippen molar-refractivity contribution in [1.82, 2.24) is 14.8 Å². The standard InChI is InChI=1S/C21H21F2N3O/c22-15-3-1-13(2-4-15)17-12-26(21(27)16-5-8-24-11-18(16)23)19-14-6-9-25(10-7-14)20(17)19/h1-5,8,11,14,17,19-20H,6-7,9-10,12H2/t17-,19+,20+/m0/s1. The summed E-state index contributed by atoms with van der Waals surface area (Å²) in [6, 6.07) is 8.36. The second-order valence-corrected chi connectivity index (χ2v) is 7.83. The van der Waals surface area contributed by atoms with Gasteiger partial charge in [-0.2, -0.15) is 0 Å². The van der Waals surface area contributed by atoms with Crippen molar-refractivity contribution >= 4 is 5.91 Å². The SMILES string of the molecule is O=C(c1ccncc1F)N1C[C@@H](c2ccc(F)cc2)[C@@H]2[C@H]1C1CCN2CC1. The number of halogens is 2. The molecule has 1 aromatic heterocycles. The van der Waals surface area contributed by atoms with Crippen LogP contribution in [0, 0.1) is 17.6 Å². The number of rotatable bonds is 2. The molecule has 4 saturated heterocycles. The van der Waals surface area contributed by atoms with Crippen molar-refractivity contribution in [3.05, 3.63) is 65.5 Å². The molecule has 0 N–H and O–H groups in total. The van der Waals surface area contributed by atoms with Crippen LogP contribution in [0.1, 0.15) is 34.7 Å². The number of likely N-dealkylation sites (tertiary alicyclic amines) is 1. The van der Waals surface area contributed by atoms with E-state index in [2.05, 4.69) is 9.88 Å². The van der Waals surface area contributed by atoms with E-state index in [1.165, 1.54) is 24.4 Å². The van der Waals surface area contributed by atoms with Gasteiger partial charge in [-0.1, -0.05) is 12.1 Å². The molecule has 4 aliphatic rings. The summed E-state index contributed by atoms with van der Waals surface area (Å²) in [5.74, 6) is -0.536. The lowest BCUT2D eigenvalue weighted by Gasteiger charge is -2.51. The van der Waals surface area contributed by atoms with E-state index in [9.17, 15) is 13.6 Å². The molecule has 0 unspecified atom stereocenters. The van der Waals surface area contributed by atoms with E-state index in [1.807, 2.05) is 17.0 Å². The number of pyridine rings is 1. The molecule has 4 nitrogen and oxygen atoms in total. The number of hydrogen-bond acceptors (Lipinski definition) is 3. The summed E-state index contributed by atoms with van der Waals surface area (Å²) < 4.78 is 27.6. The van der Waals surface area contributed by atoms with Crippen LogP contribution in [0.4, 0.5) is 8.78 Å². The highest BCUT2D eigenvalue weighted by molar-refractivity contribution is 5.95. The van der Waals surface area contributed by atoms with Crippen molar-refractivity contribution < 1.29 is 13.6 Å². The number of carbonyl (C=O) groups is 1. The van der Waals surface area contributed by atoms with E-state index >= 15 is 0 Å². The second-order valence-electron chi connectivity index (χ2n) is 7.83. The highest BCUT2D eigenvalue weighted by Gasteiger charge is 2.54. The van der Waals surface area contributed by atoms with Crippen molar-refractivity contribution in [3.8, 4) is 0 Å². The molecular formula is C21H21F2N3O. The molecule has 4 fully saturated rings. The fourth-order valence-electron chi connectivity index (χ4n) is 5.36. The zero-order chi connectivity index (χ0) is 18.5. The Labute approximate surface area is 156 Å². The van der Waals surface area contributed by atoms with E-state index in [0.29, 0.717) is 12.5 Å². The fraction of sp³-hybridized carbons (Fsp3) is 0.429. The molecule has 6 rings (SSSR count). The van der Waals surface area contributed by atoms with Gasteiger partial charge in [-0.3, -0.25) is 14.7 Å². The van der Waals surface area contributed by atoms with Crippen molar-refractivity contribution in [2.45, 2.75) is 30.8 Å². The molecular weight excluding hydrogens is 348 g/mol. The molecule has 2 bridgehead atoms. The van der Waals surface area contributed by atoms with Gasteiger partial charge in [0.1, 0.15) is 5.82 Å². The monoisotopic (exact) mass is 369 g/mol. The lowest BCUT2D eigenvalue weighted by molar-refractivity contribution is -0.00354. The van der Waals surface area contributed by atoms with Crippen LogP contribution in [0.25, 0.3) is 0 Å². The number of fused-ring (bicyclic) bond motifs is 2. The van der Waals surface area contributed by atoms with Gasteiger partial charge in [0.05, 0.1) is 17.8 Å². The summed E-state index contributed by atoms with van der Waals surface area (Å²) in [6.07, 6.45) is 4.69. The van der Waals surface area contributed by atoms with Crippen LogP contribution in [0.15, 0.2) is 42.7 Å². The van der Waals surface area contributed by atoms with Gasteiger partial charge in [-0.25, -0.2) is 8.78 Å². The lowest BCUT2D eigenvalue weighted by Crippen LogP contribution is -2.60. The van der Waals surface area contributed by atoms with Gasteiger partial charge < -0.3 is 4.90 Å². The molecule has 5 heterocycles. The van der Waals surface area contributed by atoms with E-state index in [-0.39, 0.29) is 35.3 Å². The zero-order valence-corrected chi connectivity index (χ0v) is 14.9. The zero-order valence-electron chi connectivity index (χ0n) is 14.9. The van der Waals surface area contributed by atoms with E-state index in [4.69, 9.17) is 0 Å². The van der Waals surface area contributed by atoms with E-state index < -0.39 is 5.82 Å². The van der Waals surface area contributed by atoms with E-state index in [0.717, 1.165) is 37.7 Å². The molecule has 0 spiro atoms. The molecule has 0 saturated carbocycles. The molecule has 1 amide bonds. The number of nitrogens with zero attached hydrogens (tertiary/aromatic N) is 3. The van der Waals surface area contributed by atoms with Crippen molar-refractivity contribution in [2.75, 3.05) is 19.6 Å². The Morgan fingerprint density at radius 2 is 1.78 bits per heavy atom. The smallest absolute Gasteiger partial charge is 0.257 e. The van der Waals surface area contributed by atoms with E-state index in [1.54, 1.807) is 0 Å². The summed E-state index contributed by atoms with van der Waals surface area (Å²) in [7, 11) is 0. The number of aromatic nitrogens is 1. The van der Waals surface area contributed by atoms with Gasteiger partial charge in [0.15, 0.2) is 5.82 Å². The highest BCUT2D eigenvalue weighted by atomic mass is 19.1. The first-order valence-corrected chi connectivity index (χ1v) is 9.53. The molecule has 3 atom stereocenters. The first-order valence-electron chi connectivity index (χ1n) is 9.53. The molecule has 1 aromatic carbocycles. The average molecular weight is 369 g/mol. The molecule has 4 aliphatic heterocycles. The maximum Gasteiger partial charge on any atom is 0.257 e. The number of piperidine rings is 3. The topological polar surface area (TPSA) is 36.4 Å². The Balaban J connectivity index is 1.53. The Kier molecular flexibility index (Phi) is 3.97. The summed E-state index contributed by atoms with van der Waals surface area (Å²) >= 11 is 0. The van der Waals surface area contributed by atoms with Crippen LogP contribution in [0.2, 0.25) is 0 Å². The summed E-state index contributed by atoms with van der Waals surface area (Å²) in [5.41, 5.74) is 1.13. The maximum atomic E-state index is 14.2. The molecule has 2 aromatic rings. The second kappa shape index (κ2) is 6.37. The molecule has 6 heteroatoms. The molecule has 140 valence electrons. The Bertz CT molecular complexity index is 864. The summed E-state index contributed by atoms with van der Waals surface area (Å²) in [4.78, 5) is 21.3. The van der Waals surface area contributed by atoms with Gasteiger partial charge >= 0.3 is 0 Å². The minimum Gasteiger partial charge on any atom is -0.333 e. The largest absolute Gasteiger partial charge is 0.333 e. The Hall–Kier alpha value is -2.34.